The van der Waals surface area contributed by atoms with E-state index >= 15 is 0 Å². The van der Waals surface area contributed by atoms with Gasteiger partial charge < -0.3 is 25.2 Å². The van der Waals surface area contributed by atoms with Gasteiger partial charge in [0, 0.05) is 58.3 Å². The van der Waals surface area contributed by atoms with Crippen molar-refractivity contribution in [3.8, 4) is 0 Å². The average molecular weight is 427 g/mol. The number of hydrogen-bond acceptors (Lipinski definition) is 7. The molecule has 1 aliphatic heterocycles. The minimum absolute atomic E-state index is 0.109. The van der Waals surface area contributed by atoms with E-state index in [1.807, 2.05) is 19.1 Å². The number of rotatable bonds is 8. The SMILES string of the molecule is CCNc1cccnc1N1CCN(C(=O)c2ccc(C(=O)NC(C)COC)cn2)CC1. The highest BCUT2D eigenvalue weighted by molar-refractivity contribution is 5.96. The van der Waals surface area contributed by atoms with E-state index in [4.69, 9.17) is 4.74 Å². The maximum Gasteiger partial charge on any atom is 0.272 e. The number of amides is 2. The zero-order chi connectivity index (χ0) is 22.2. The lowest BCUT2D eigenvalue weighted by Crippen LogP contribution is -2.49. The zero-order valence-electron chi connectivity index (χ0n) is 18.3. The van der Waals surface area contributed by atoms with Gasteiger partial charge in [-0.3, -0.25) is 14.6 Å². The Morgan fingerprint density at radius 2 is 1.94 bits per heavy atom. The van der Waals surface area contributed by atoms with Crippen molar-refractivity contribution in [2.45, 2.75) is 19.9 Å². The molecule has 0 bridgehead atoms. The molecular weight excluding hydrogens is 396 g/mol. The summed E-state index contributed by atoms with van der Waals surface area (Å²) in [4.78, 5) is 37.8. The standard InChI is InChI=1S/C22H30N6O3/c1-4-23-18-6-5-9-24-20(18)27-10-12-28(13-11-27)22(30)19-8-7-17(14-25-19)21(29)26-16(2)15-31-3/h5-9,14,16,23H,4,10-13,15H2,1-3H3,(H,26,29). The number of ether oxygens (including phenoxy) is 1. The quantitative estimate of drug-likeness (QED) is 0.662. The molecule has 2 N–H and O–H groups in total. The van der Waals surface area contributed by atoms with Crippen LogP contribution in [0.15, 0.2) is 36.7 Å². The Morgan fingerprint density at radius 3 is 2.58 bits per heavy atom. The van der Waals surface area contributed by atoms with Gasteiger partial charge >= 0.3 is 0 Å². The van der Waals surface area contributed by atoms with Gasteiger partial charge in [-0.15, -0.1) is 0 Å². The molecule has 3 heterocycles. The number of nitrogens with zero attached hydrogens (tertiary/aromatic N) is 4. The summed E-state index contributed by atoms with van der Waals surface area (Å²) in [6.07, 6.45) is 3.22. The second kappa shape index (κ2) is 10.7. The van der Waals surface area contributed by atoms with Crippen LogP contribution in [-0.4, -0.2) is 79.2 Å². The smallest absolute Gasteiger partial charge is 0.272 e. The van der Waals surface area contributed by atoms with E-state index < -0.39 is 0 Å². The van der Waals surface area contributed by atoms with Crippen LogP contribution in [0, 0.1) is 0 Å². The predicted octanol–water partition coefficient (Wildman–Crippen LogP) is 1.64. The van der Waals surface area contributed by atoms with E-state index in [1.54, 1.807) is 30.3 Å². The third kappa shape index (κ3) is 5.69. The van der Waals surface area contributed by atoms with Gasteiger partial charge in [-0.05, 0) is 38.1 Å². The van der Waals surface area contributed by atoms with E-state index in [2.05, 4.69) is 32.4 Å². The molecule has 0 saturated carbocycles. The van der Waals surface area contributed by atoms with E-state index in [9.17, 15) is 9.59 Å². The average Bonchev–Trinajstić information content (AvgIpc) is 2.79. The van der Waals surface area contributed by atoms with Crippen LogP contribution >= 0.6 is 0 Å². The first-order valence-electron chi connectivity index (χ1n) is 10.5. The molecule has 2 aromatic heterocycles. The van der Waals surface area contributed by atoms with Crippen molar-refractivity contribution in [2.24, 2.45) is 0 Å². The highest BCUT2D eigenvalue weighted by atomic mass is 16.5. The fraction of sp³-hybridized carbons (Fsp3) is 0.455. The second-order valence-corrected chi connectivity index (χ2v) is 7.45. The molecule has 31 heavy (non-hydrogen) atoms. The van der Waals surface area contributed by atoms with Crippen molar-refractivity contribution in [2.75, 3.05) is 56.7 Å². The van der Waals surface area contributed by atoms with Crippen molar-refractivity contribution in [1.29, 1.82) is 0 Å². The van der Waals surface area contributed by atoms with Crippen molar-refractivity contribution >= 4 is 23.3 Å². The summed E-state index contributed by atoms with van der Waals surface area (Å²) in [7, 11) is 1.59. The molecule has 0 aliphatic carbocycles. The molecule has 1 unspecified atom stereocenters. The lowest BCUT2D eigenvalue weighted by molar-refractivity contribution is 0.0739. The summed E-state index contributed by atoms with van der Waals surface area (Å²) in [6, 6.07) is 7.05. The third-order valence-corrected chi connectivity index (χ3v) is 5.06. The molecule has 0 radical (unpaired) electrons. The molecule has 166 valence electrons. The largest absolute Gasteiger partial charge is 0.383 e. The molecule has 2 amide bonds. The van der Waals surface area contributed by atoms with Gasteiger partial charge in [0.25, 0.3) is 11.8 Å². The molecule has 9 heteroatoms. The van der Waals surface area contributed by atoms with Crippen LogP contribution in [0.4, 0.5) is 11.5 Å². The van der Waals surface area contributed by atoms with E-state index in [0.717, 1.165) is 18.1 Å². The monoisotopic (exact) mass is 426 g/mol. The maximum atomic E-state index is 12.9. The number of anilines is 2. The molecule has 1 atom stereocenters. The van der Waals surface area contributed by atoms with Gasteiger partial charge in [-0.2, -0.15) is 0 Å². The Labute approximate surface area is 182 Å². The maximum absolute atomic E-state index is 12.9. The molecule has 2 aromatic rings. The van der Waals surface area contributed by atoms with Crippen LogP contribution in [0.3, 0.4) is 0 Å². The Hall–Kier alpha value is -3.20. The van der Waals surface area contributed by atoms with Gasteiger partial charge in [0.05, 0.1) is 17.9 Å². The topological polar surface area (TPSA) is 99.7 Å². The number of aromatic nitrogens is 2. The molecule has 0 aromatic carbocycles. The number of carbonyl (C=O) groups is 2. The fourth-order valence-corrected chi connectivity index (χ4v) is 3.51. The summed E-state index contributed by atoms with van der Waals surface area (Å²) in [5.41, 5.74) is 1.75. The highest BCUT2D eigenvalue weighted by Gasteiger charge is 2.25. The minimum atomic E-state index is -0.239. The second-order valence-electron chi connectivity index (χ2n) is 7.45. The number of nitrogens with one attached hydrogen (secondary N) is 2. The summed E-state index contributed by atoms with van der Waals surface area (Å²) in [5, 5.41) is 6.16. The van der Waals surface area contributed by atoms with Crippen LogP contribution in [0.2, 0.25) is 0 Å². The first-order valence-corrected chi connectivity index (χ1v) is 10.5. The molecule has 3 rings (SSSR count). The number of piperazine rings is 1. The highest BCUT2D eigenvalue weighted by Crippen LogP contribution is 2.24. The van der Waals surface area contributed by atoms with Gasteiger partial charge in [0.1, 0.15) is 5.69 Å². The zero-order valence-corrected chi connectivity index (χ0v) is 18.3. The fourth-order valence-electron chi connectivity index (χ4n) is 3.51. The van der Waals surface area contributed by atoms with E-state index in [1.165, 1.54) is 6.20 Å². The number of carbonyl (C=O) groups excluding carboxylic acids is 2. The van der Waals surface area contributed by atoms with Crippen molar-refractivity contribution in [1.82, 2.24) is 20.2 Å². The Bertz CT molecular complexity index is 881. The van der Waals surface area contributed by atoms with Gasteiger partial charge in [0.2, 0.25) is 0 Å². The Morgan fingerprint density at radius 1 is 1.16 bits per heavy atom. The molecule has 1 saturated heterocycles. The van der Waals surface area contributed by atoms with Crippen LogP contribution < -0.4 is 15.5 Å². The van der Waals surface area contributed by atoms with Crippen LogP contribution in [-0.2, 0) is 4.74 Å². The van der Waals surface area contributed by atoms with Crippen LogP contribution in [0.25, 0.3) is 0 Å². The summed E-state index contributed by atoms with van der Waals surface area (Å²) in [5.74, 6) is 0.538. The number of methoxy groups -OCH3 is 1. The molecule has 0 spiro atoms. The molecule has 1 aliphatic rings. The predicted molar refractivity (Wildman–Crippen MR) is 120 cm³/mol. The van der Waals surface area contributed by atoms with Crippen molar-refractivity contribution in [3.63, 3.8) is 0 Å². The summed E-state index contributed by atoms with van der Waals surface area (Å²) in [6.45, 7) is 7.71. The minimum Gasteiger partial charge on any atom is -0.383 e. The molecule has 1 fully saturated rings. The number of pyridine rings is 2. The first-order chi connectivity index (χ1) is 15.0. The molecule has 9 nitrogen and oxygen atoms in total. The first kappa shape index (κ1) is 22.5. The number of hydrogen-bond donors (Lipinski definition) is 2. The molecular formula is C22H30N6O3. The van der Waals surface area contributed by atoms with Gasteiger partial charge in [-0.25, -0.2) is 4.98 Å². The van der Waals surface area contributed by atoms with E-state index in [0.29, 0.717) is 44.0 Å². The summed E-state index contributed by atoms with van der Waals surface area (Å²) < 4.78 is 5.02. The van der Waals surface area contributed by atoms with E-state index in [-0.39, 0.29) is 17.9 Å². The van der Waals surface area contributed by atoms with Gasteiger partial charge in [-0.1, -0.05) is 0 Å². The van der Waals surface area contributed by atoms with Gasteiger partial charge in [0.15, 0.2) is 5.82 Å². The third-order valence-electron chi connectivity index (χ3n) is 5.06. The van der Waals surface area contributed by atoms with Crippen molar-refractivity contribution < 1.29 is 14.3 Å². The Balaban J connectivity index is 1.58. The van der Waals surface area contributed by atoms with Crippen LogP contribution in [0.1, 0.15) is 34.7 Å². The lowest BCUT2D eigenvalue weighted by atomic mass is 10.2. The Kier molecular flexibility index (Phi) is 7.77. The summed E-state index contributed by atoms with van der Waals surface area (Å²) >= 11 is 0. The van der Waals surface area contributed by atoms with Crippen LogP contribution in [0.5, 0.6) is 0 Å². The lowest BCUT2D eigenvalue weighted by Gasteiger charge is -2.36. The van der Waals surface area contributed by atoms with Crippen molar-refractivity contribution in [3.05, 3.63) is 47.9 Å². The normalized spacial score (nSPS) is 14.8.